The number of fused-ring (bicyclic) bond motifs is 1. The molecule has 1 heterocycles. The minimum Gasteiger partial charge on any atom is -0.293 e. The Kier molecular flexibility index (Phi) is 3.77. The molecule has 0 fully saturated rings. The number of hydrogen-bond acceptors (Lipinski definition) is 7. The number of non-ortho nitro benzene ring substituents is 1. The Morgan fingerprint density at radius 2 is 1.92 bits per heavy atom. The highest BCUT2D eigenvalue weighted by Crippen LogP contribution is 2.34. The lowest BCUT2D eigenvalue weighted by molar-refractivity contribution is -0.384. The van der Waals surface area contributed by atoms with Crippen molar-refractivity contribution in [3.8, 4) is 5.69 Å². The van der Waals surface area contributed by atoms with Crippen LogP contribution in [0.5, 0.6) is 0 Å². The summed E-state index contributed by atoms with van der Waals surface area (Å²) in [6.45, 7) is 0. The minimum absolute atomic E-state index is 0.00699. The van der Waals surface area contributed by atoms with Crippen LogP contribution in [-0.2, 0) is 6.42 Å². The lowest BCUT2D eigenvalue weighted by atomic mass is 10.1. The number of aromatic nitrogens is 4. The molecule has 0 amide bonds. The van der Waals surface area contributed by atoms with Crippen LogP contribution in [0.15, 0.2) is 53.7 Å². The minimum atomic E-state index is -0.465. The fourth-order valence-corrected chi connectivity index (χ4v) is 3.83. The van der Waals surface area contributed by atoms with Gasteiger partial charge < -0.3 is 0 Å². The Morgan fingerprint density at radius 3 is 2.64 bits per heavy atom. The van der Waals surface area contributed by atoms with E-state index < -0.39 is 4.92 Å². The molecule has 25 heavy (non-hydrogen) atoms. The molecule has 0 saturated carbocycles. The molecule has 2 aromatic carbocycles. The summed E-state index contributed by atoms with van der Waals surface area (Å²) in [5.41, 5.74) is 2.36. The average molecular weight is 353 g/mol. The third kappa shape index (κ3) is 2.78. The Hall–Kier alpha value is -3.07. The van der Waals surface area contributed by atoms with Crippen LogP contribution in [0.1, 0.15) is 15.9 Å². The fourth-order valence-electron chi connectivity index (χ4n) is 2.76. The van der Waals surface area contributed by atoms with Gasteiger partial charge in [0.05, 0.1) is 15.9 Å². The molecule has 1 aliphatic carbocycles. The van der Waals surface area contributed by atoms with Gasteiger partial charge in [-0.1, -0.05) is 36.0 Å². The molecule has 0 saturated heterocycles. The van der Waals surface area contributed by atoms with Crippen molar-refractivity contribution in [2.24, 2.45) is 0 Å². The van der Waals surface area contributed by atoms with E-state index in [1.54, 1.807) is 12.1 Å². The molecule has 0 unspecified atom stereocenters. The Labute approximate surface area is 146 Å². The zero-order valence-corrected chi connectivity index (χ0v) is 13.6. The van der Waals surface area contributed by atoms with Gasteiger partial charge in [0.1, 0.15) is 0 Å². The molecule has 4 rings (SSSR count). The summed E-state index contributed by atoms with van der Waals surface area (Å²) in [6.07, 6.45) is 0.632. The number of carbonyl (C=O) groups is 1. The molecule has 9 heteroatoms. The van der Waals surface area contributed by atoms with Crippen LogP contribution < -0.4 is 0 Å². The number of nitro groups is 1. The molecule has 3 aromatic rings. The number of carbonyl (C=O) groups excluding carboxylic acids is 1. The molecule has 1 atom stereocenters. The molecule has 124 valence electrons. The summed E-state index contributed by atoms with van der Waals surface area (Å²) >= 11 is 1.30. The first-order valence-corrected chi connectivity index (χ1v) is 8.33. The van der Waals surface area contributed by atoms with Gasteiger partial charge >= 0.3 is 0 Å². The summed E-state index contributed by atoms with van der Waals surface area (Å²) in [4.78, 5) is 22.8. The number of rotatable bonds is 4. The van der Waals surface area contributed by atoms with E-state index in [0.717, 1.165) is 11.1 Å². The molecule has 0 N–H and O–H groups in total. The molecular formula is C16H11N5O3S. The number of thioether (sulfide) groups is 1. The van der Waals surface area contributed by atoms with Crippen LogP contribution in [0.3, 0.4) is 0 Å². The smallest absolute Gasteiger partial charge is 0.269 e. The van der Waals surface area contributed by atoms with E-state index >= 15 is 0 Å². The highest BCUT2D eigenvalue weighted by atomic mass is 32.2. The second-order valence-electron chi connectivity index (χ2n) is 5.48. The number of nitro benzene ring substituents is 1. The largest absolute Gasteiger partial charge is 0.293 e. The van der Waals surface area contributed by atoms with Crippen molar-refractivity contribution in [2.45, 2.75) is 16.8 Å². The maximum Gasteiger partial charge on any atom is 0.269 e. The van der Waals surface area contributed by atoms with Gasteiger partial charge in [0.2, 0.25) is 5.16 Å². The van der Waals surface area contributed by atoms with Gasteiger partial charge in [0, 0.05) is 17.7 Å². The van der Waals surface area contributed by atoms with E-state index in [9.17, 15) is 14.9 Å². The molecule has 0 spiro atoms. The number of tetrazole rings is 1. The first kappa shape index (κ1) is 15.5. The maximum atomic E-state index is 12.5. The summed E-state index contributed by atoms with van der Waals surface area (Å²) < 4.78 is 1.48. The molecule has 8 nitrogen and oxygen atoms in total. The third-order valence-electron chi connectivity index (χ3n) is 3.97. The van der Waals surface area contributed by atoms with Crippen molar-refractivity contribution in [3.05, 3.63) is 69.8 Å². The van der Waals surface area contributed by atoms with Gasteiger partial charge in [-0.05, 0) is 34.5 Å². The van der Waals surface area contributed by atoms with Crippen molar-refractivity contribution in [1.29, 1.82) is 0 Å². The zero-order valence-electron chi connectivity index (χ0n) is 12.8. The summed E-state index contributed by atoms with van der Waals surface area (Å²) in [5.74, 6) is 0.0684. The molecule has 1 aromatic heterocycles. The molecule has 0 bridgehead atoms. The average Bonchev–Trinajstić information content (AvgIpc) is 3.21. The van der Waals surface area contributed by atoms with Crippen LogP contribution in [0.4, 0.5) is 5.69 Å². The van der Waals surface area contributed by atoms with E-state index in [0.29, 0.717) is 17.3 Å². The number of ketones is 1. The molecule has 1 aliphatic rings. The molecular weight excluding hydrogens is 342 g/mol. The summed E-state index contributed by atoms with van der Waals surface area (Å²) in [5, 5.41) is 22.5. The van der Waals surface area contributed by atoms with Gasteiger partial charge in [-0.2, -0.15) is 4.68 Å². The van der Waals surface area contributed by atoms with Crippen molar-refractivity contribution >= 4 is 23.2 Å². The van der Waals surface area contributed by atoms with Crippen molar-refractivity contribution in [3.63, 3.8) is 0 Å². The first-order valence-electron chi connectivity index (χ1n) is 7.45. The van der Waals surface area contributed by atoms with E-state index in [2.05, 4.69) is 15.5 Å². The van der Waals surface area contributed by atoms with Crippen molar-refractivity contribution < 1.29 is 9.72 Å². The maximum absolute atomic E-state index is 12.5. The van der Waals surface area contributed by atoms with Crippen LogP contribution in [0.25, 0.3) is 5.69 Å². The normalized spacial score (nSPS) is 16.0. The van der Waals surface area contributed by atoms with E-state index in [1.807, 2.05) is 24.3 Å². The van der Waals surface area contributed by atoms with E-state index in [1.165, 1.54) is 28.6 Å². The molecule has 0 radical (unpaired) electrons. The van der Waals surface area contributed by atoms with Gasteiger partial charge in [0.15, 0.2) is 5.78 Å². The van der Waals surface area contributed by atoms with Crippen molar-refractivity contribution in [2.75, 3.05) is 0 Å². The quantitative estimate of drug-likeness (QED) is 0.524. The summed E-state index contributed by atoms with van der Waals surface area (Å²) in [7, 11) is 0. The second-order valence-corrected chi connectivity index (χ2v) is 6.65. The van der Waals surface area contributed by atoms with Crippen LogP contribution in [0, 0.1) is 10.1 Å². The number of nitrogens with zero attached hydrogens (tertiary/aromatic N) is 5. The van der Waals surface area contributed by atoms with Crippen LogP contribution in [0.2, 0.25) is 0 Å². The lowest BCUT2D eigenvalue weighted by Crippen LogP contribution is -2.13. The SMILES string of the molecule is O=C1c2ccccc2C[C@@H]1Sc1nnnn1-c1ccc([N+](=O)[O-])cc1. The Morgan fingerprint density at radius 1 is 1.16 bits per heavy atom. The topological polar surface area (TPSA) is 104 Å². The number of Topliss-reactive ketones (excluding diaryl/α,β-unsaturated/α-hetero) is 1. The van der Waals surface area contributed by atoms with E-state index in [-0.39, 0.29) is 16.7 Å². The second kappa shape index (κ2) is 6.10. The third-order valence-corrected chi connectivity index (χ3v) is 5.10. The van der Waals surface area contributed by atoms with Crippen LogP contribution >= 0.6 is 11.8 Å². The van der Waals surface area contributed by atoms with Gasteiger partial charge in [0.25, 0.3) is 5.69 Å². The highest BCUT2D eigenvalue weighted by Gasteiger charge is 2.32. The van der Waals surface area contributed by atoms with Gasteiger partial charge in [-0.25, -0.2) is 0 Å². The predicted octanol–water partition coefficient (Wildman–Crippen LogP) is 2.47. The summed E-state index contributed by atoms with van der Waals surface area (Å²) in [6, 6.07) is 13.5. The van der Waals surface area contributed by atoms with E-state index in [4.69, 9.17) is 0 Å². The Bertz CT molecular complexity index is 970. The van der Waals surface area contributed by atoms with Crippen LogP contribution in [-0.4, -0.2) is 36.2 Å². The predicted molar refractivity (Wildman–Crippen MR) is 89.9 cm³/mol. The lowest BCUT2D eigenvalue weighted by Gasteiger charge is -2.07. The zero-order chi connectivity index (χ0) is 17.4. The monoisotopic (exact) mass is 353 g/mol. The van der Waals surface area contributed by atoms with Gasteiger partial charge in [-0.3, -0.25) is 14.9 Å². The number of hydrogen-bond donors (Lipinski definition) is 0. The Balaban J connectivity index is 1.59. The fraction of sp³-hybridized carbons (Fsp3) is 0.125. The van der Waals surface area contributed by atoms with Crippen molar-refractivity contribution in [1.82, 2.24) is 20.2 Å². The number of benzene rings is 2. The van der Waals surface area contributed by atoms with Gasteiger partial charge in [-0.15, -0.1) is 5.10 Å². The standard InChI is InChI=1S/C16H11N5O3S/c22-15-13-4-2-1-3-10(13)9-14(15)25-16-17-18-19-20(16)11-5-7-12(8-6-11)21(23)24/h1-8,14H,9H2/t14-/m0/s1. The first-order chi connectivity index (χ1) is 12.1. The molecule has 0 aliphatic heterocycles. The highest BCUT2D eigenvalue weighted by molar-refractivity contribution is 8.00.